The maximum Gasteiger partial charge on any atom is 0.321 e. The molecule has 1 atom stereocenters. The maximum absolute atomic E-state index is 12.3. The van der Waals surface area contributed by atoms with Crippen LogP contribution in [0.25, 0.3) is 0 Å². The Morgan fingerprint density at radius 1 is 1.40 bits per heavy atom. The van der Waals surface area contributed by atoms with Crippen molar-refractivity contribution in [1.29, 1.82) is 0 Å². The molecular weight excluding hydrogens is 266 g/mol. The zero-order valence-corrected chi connectivity index (χ0v) is 11.6. The summed E-state index contributed by atoms with van der Waals surface area (Å²) < 4.78 is 0. The van der Waals surface area contributed by atoms with Gasteiger partial charge in [-0.3, -0.25) is 19.7 Å². The number of carbonyl (C=O) groups is 4. The van der Waals surface area contributed by atoms with E-state index in [9.17, 15) is 19.2 Å². The average Bonchev–Trinajstić information content (AvgIpc) is 2.38. The van der Waals surface area contributed by atoms with Gasteiger partial charge in [0.1, 0.15) is 12.6 Å². The molecule has 4 amide bonds. The summed E-state index contributed by atoms with van der Waals surface area (Å²) in [5, 5.41) is 10.9. The van der Waals surface area contributed by atoms with Crippen LogP contribution in [0.1, 0.15) is 26.7 Å². The van der Waals surface area contributed by atoms with E-state index >= 15 is 0 Å². The quantitative estimate of drug-likeness (QED) is 0.671. The third kappa shape index (κ3) is 3.69. The molecule has 112 valence electrons. The van der Waals surface area contributed by atoms with Crippen LogP contribution < -0.4 is 5.32 Å². The zero-order valence-electron chi connectivity index (χ0n) is 11.6. The Hall–Kier alpha value is -2.12. The summed E-state index contributed by atoms with van der Waals surface area (Å²) in [5.74, 6) is -2.02. The van der Waals surface area contributed by atoms with E-state index in [-0.39, 0.29) is 19.5 Å². The van der Waals surface area contributed by atoms with Crippen LogP contribution in [0.3, 0.4) is 0 Å². The Labute approximate surface area is 116 Å². The van der Waals surface area contributed by atoms with Crippen molar-refractivity contribution in [3.05, 3.63) is 0 Å². The highest BCUT2D eigenvalue weighted by molar-refractivity contribution is 6.04. The number of carboxylic acids is 1. The first-order valence-electron chi connectivity index (χ1n) is 6.51. The number of rotatable bonds is 5. The van der Waals surface area contributed by atoms with Gasteiger partial charge in [-0.05, 0) is 13.3 Å². The van der Waals surface area contributed by atoms with Crippen molar-refractivity contribution in [3.63, 3.8) is 0 Å². The van der Waals surface area contributed by atoms with Gasteiger partial charge in [-0.15, -0.1) is 0 Å². The van der Waals surface area contributed by atoms with Gasteiger partial charge in [-0.1, -0.05) is 6.92 Å². The fourth-order valence-corrected chi connectivity index (χ4v) is 2.07. The van der Waals surface area contributed by atoms with Crippen molar-refractivity contribution >= 4 is 23.8 Å². The van der Waals surface area contributed by atoms with Crippen LogP contribution in [0, 0.1) is 0 Å². The Morgan fingerprint density at radius 2 is 2.05 bits per heavy atom. The molecule has 0 aromatic carbocycles. The first kappa shape index (κ1) is 15.9. The monoisotopic (exact) mass is 285 g/mol. The van der Waals surface area contributed by atoms with Crippen molar-refractivity contribution in [2.75, 3.05) is 19.6 Å². The van der Waals surface area contributed by atoms with Crippen molar-refractivity contribution in [2.24, 2.45) is 0 Å². The maximum atomic E-state index is 12.3. The molecule has 1 aliphatic rings. The fraction of sp³-hybridized carbons (Fsp3) is 0.667. The molecule has 0 spiro atoms. The van der Waals surface area contributed by atoms with Gasteiger partial charge in [0, 0.05) is 13.1 Å². The number of amides is 4. The van der Waals surface area contributed by atoms with Crippen LogP contribution in [0.4, 0.5) is 4.79 Å². The Morgan fingerprint density at radius 3 is 2.55 bits per heavy atom. The largest absolute Gasteiger partial charge is 0.481 e. The summed E-state index contributed by atoms with van der Waals surface area (Å²) in [5.41, 5.74) is 0. The number of hydrogen-bond acceptors (Lipinski definition) is 4. The molecule has 1 saturated heterocycles. The van der Waals surface area contributed by atoms with Crippen LogP contribution in [-0.4, -0.2) is 64.4 Å². The molecule has 1 aliphatic heterocycles. The second kappa shape index (κ2) is 6.88. The summed E-state index contributed by atoms with van der Waals surface area (Å²) in [7, 11) is 0. The molecule has 1 fully saturated rings. The number of carbonyl (C=O) groups excluding carboxylic acids is 3. The van der Waals surface area contributed by atoms with Gasteiger partial charge in [0.15, 0.2) is 0 Å². The summed E-state index contributed by atoms with van der Waals surface area (Å²) in [6.45, 7) is 3.63. The summed E-state index contributed by atoms with van der Waals surface area (Å²) in [6, 6.07) is -1.18. The molecule has 1 heterocycles. The molecule has 8 heteroatoms. The normalized spacial score (nSPS) is 18.7. The van der Waals surface area contributed by atoms with Crippen LogP contribution in [0.5, 0.6) is 0 Å². The van der Waals surface area contributed by atoms with Gasteiger partial charge in [-0.25, -0.2) is 4.79 Å². The van der Waals surface area contributed by atoms with Gasteiger partial charge in [0.2, 0.25) is 11.8 Å². The predicted molar refractivity (Wildman–Crippen MR) is 68.8 cm³/mol. The SMILES string of the molecule is CCC1C(=O)NC(=O)CN1C(=O)N(CC)CCC(=O)O. The van der Waals surface area contributed by atoms with Crippen LogP contribution in [0.15, 0.2) is 0 Å². The topological polar surface area (TPSA) is 107 Å². The number of piperazine rings is 1. The fourth-order valence-electron chi connectivity index (χ4n) is 2.07. The van der Waals surface area contributed by atoms with Gasteiger partial charge < -0.3 is 14.9 Å². The van der Waals surface area contributed by atoms with Gasteiger partial charge >= 0.3 is 12.0 Å². The highest BCUT2D eigenvalue weighted by Gasteiger charge is 2.37. The van der Waals surface area contributed by atoms with Gasteiger partial charge in [0.25, 0.3) is 0 Å². The molecule has 0 aliphatic carbocycles. The van der Waals surface area contributed by atoms with E-state index in [1.165, 1.54) is 9.80 Å². The molecule has 8 nitrogen and oxygen atoms in total. The first-order valence-corrected chi connectivity index (χ1v) is 6.51. The number of imide groups is 1. The van der Waals surface area contributed by atoms with Crippen LogP contribution in [-0.2, 0) is 14.4 Å². The lowest BCUT2D eigenvalue weighted by atomic mass is 10.1. The molecule has 0 aromatic rings. The van der Waals surface area contributed by atoms with Crippen molar-refractivity contribution in [1.82, 2.24) is 15.1 Å². The highest BCUT2D eigenvalue weighted by Crippen LogP contribution is 2.12. The minimum atomic E-state index is -1.00. The smallest absolute Gasteiger partial charge is 0.321 e. The van der Waals surface area contributed by atoms with Crippen molar-refractivity contribution in [3.8, 4) is 0 Å². The Kier molecular flexibility index (Phi) is 5.48. The standard InChI is InChI=1S/C12H19N3O5/c1-3-8-11(19)13-9(16)7-15(8)12(20)14(4-2)6-5-10(17)18/h8H,3-7H2,1-2H3,(H,17,18)(H,13,16,19). The molecule has 20 heavy (non-hydrogen) atoms. The highest BCUT2D eigenvalue weighted by atomic mass is 16.4. The van der Waals surface area contributed by atoms with E-state index in [1.54, 1.807) is 13.8 Å². The minimum Gasteiger partial charge on any atom is -0.481 e. The van der Waals surface area contributed by atoms with Gasteiger partial charge in [-0.2, -0.15) is 0 Å². The zero-order chi connectivity index (χ0) is 15.3. The lowest BCUT2D eigenvalue weighted by molar-refractivity contribution is -0.140. The third-order valence-corrected chi connectivity index (χ3v) is 3.14. The first-order chi connectivity index (χ1) is 9.40. The van der Waals surface area contributed by atoms with E-state index in [0.717, 1.165) is 0 Å². The van der Waals surface area contributed by atoms with Gasteiger partial charge in [0.05, 0.1) is 6.42 Å². The average molecular weight is 285 g/mol. The molecule has 0 aromatic heterocycles. The number of nitrogens with zero attached hydrogens (tertiary/aromatic N) is 2. The minimum absolute atomic E-state index is 0.0490. The molecule has 0 bridgehead atoms. The number of aliphatic carboxylic acids is 1. The number of urea groups is 1. The van der Waals surface area contributed by atoms with Crippen LogP contribution in [0.2, 0.25) is 0 Å². The third-order valence-electron chi connectivity index (χ3n) is 3.14. The van der Waals surface area contributed by atoms with E-state index in [2.05, 4.69) is 5.32 Å². The number of carboxylic acid groups (broad SMARTS) is 1. The Balaban J connectivity index is 2.82. The molecule has 1 unspecified atom stereocenters. The van der Waals surface area contributed by atoms with E-state index < -0.39 is 29.9 Å². The number of hydrogen-bond donors (Lipinski definition) is 2. The summed E-state index contributed by atoms with van der Waals surface area (Å²) >= 11 is 0. The van der Waals surface area contributed by atoms with E-state index in [1.807, 2.05) is 0 Å². The molecule has 2 N–H and O–H groups in total. The predicted octanol–water partition coefficient (Wildman–Crippen LogP) is -0.360. The van der Waals surface area contributed by atoms with Crippen molar-refractivity contribution in [2.45, 2.75) is 32.7 Å². The second-order valence-electron chi connectivity index (χ2n) is 4.47. The van der Waals surface area contributed by atoms with E-state index in [0.29, 0.717) is 13.0 Å². The van der Waals surface area contributed by atoms with Crippen molar-refractivity contribution < 1.29 is 24.3 Å². The molecular formula is C12H19N3O5. The Bertz CT molecular complexity index is 423. The molecule has 1 rings (SSSR count). The lowest BCUT2D eigenvalue weighted by Gasteiger charge is -2.36. The lowest BCUT2D eigenvalue weighted by Crippen LogP contribution is -2.62. The molecule has 0 radical (unpaired) electrons. The summed E-state index contributed by atoms with van der Waals surface area (Å²) in [6.07, 6.45) is 0.214. The number of nitrogens with one attached hydrogen (secondary N) is 1. The second-order valence-corrected chi connectivity index (χ2v) is 4.47. The molecule has 0 saturated carbocycles. The van der Waals surface area contributed by atoms with Crippen LogP contribution >= 0.6 is 0 Å². The summed E-state index contributed by atoms with van der Waals surface area (Å²) in [4.78, 5) is 48.5. The van der Waals surface area contributed by atoms with E-state index in [4.69, 9.17) is 5.11 Å².